The molecule has 0 atom stereocenters. The molecule has 2 nitrogen and oxygen atoms in total. The Kier molecular flexibility index (Phi) is 6.12. The Labute approximate surface area is 167 Å². The monoisotopic (exact) mass is 399 g/mol. The van der Waals surface area contributed by atoms with Gasteiger partial charge in [0.25, 0.3) is 5.91 Å². The number of hydrogen-bond donors (Lipinski definition) is 0. The van der Waals surface area contributed by atoms with Gasteiger partial charge in [-0.25, -0.2) is 0 Å². The summed E-state index contributed by atoms with van der Waals surface area (Å²) in [5.74, 6) is 0.0453. The van der Waals surface area contributed by atoms with Crippen LogP contribution in [0.5, 0.6) is 0 Å². The predicted octanol–water partition coefficient (Wildman–Crippen LogP) is 6.23. The molecule has 0 aliphatic rings. The van der Waals surface area contributed by atoms with Crippen LogP contribution >= 0.6 is 34.9 Å². The number of hydrogen-bond acceptors (Lipinski definition) is 4. The molecular weight excluding hydrogens is 378 g/mol. The van der Waals surface area contributed by atoms with Gasteiger partial charge in [0.2, 0.25) is 0 Å². The van der Waals surface area contributed by atoms with Gasteiger partial charge >= 0.3 is 0 Å². The lowest BCUT2D eigenvalue weighted by Crippen LogP contribution is -2.20. The third kappa shape index (κ3) is 4.00. The Balaban J connectivity index is 2.11. The maximum absolute atomic E-state index is 12.5. The van der Waals surface area contributed by atoms with Gasteiger partial charge in [0.1, 0.15) is 0 Å². The first-order valence-electron chi connectivity index (χ1n) is 8.18. The van der Waals surface area contributed by atoms with Crippen molar-refractivity contribution in [2.45, 2.75) is 9.79 Å². The maximum Gasteiger partial charge on any atom is 0.263 e. The Bertz CT molecular complexity index is 831. The van der Waals surface area contributed by atoms with Gasteiger partial charge in [0.05, 0.1) is 4.88 Å². The third-order valence-corrected chi connectivity index (χ3v) is 6.76. The first-order valence-corrected chi connectivity index (χ1v) is 11.4. The van der Waals surface area contributed by atoms with Gasteiger partial charge in [-0.05, 0) is 54.0 Å². The van der Waals surface area contributed by atoms with E-state index >= 15 is 0 Å². The summed E-state index contributed by atoms with van der Waals surface area (Å²) in [6.07, 6.45) is 4.15. The highest BCUT2D eigenvalue weighted by atomic mass is 32.2. The summed E-state index contributed by atoms with van der Waals surface area (Å²) in [6, 6.07) is 19.1. The Morgan fingerprint density at radius 3 is 1.81 bits per heavy atom. The van der Waals surface area contributed by atoms with Crippen molar-refractivity contribution in [1.82, 2.24) is 4.90 Å². The third-order valence-electron chi connectivity index (χ3n) is 4.10. The molecule has 1 aromatic heterocycles. The van der Waals surface area contributed by atoms with Gasteiger partial charge in [-0.3, -0.25) is 4.79 Å². The summed E-state index contributed by atoms with van der Waals surface area (Å²) < 4.78 is 0. The van der Waals surface area contributed by atoms with Gasteiger partial charge in [-0.1, -0.05) is 24.3 Å². The lowest BCUT2D eigenvalue weighted by atomic mass is 10.0. The highest BCUT2D eigenvalue weighted by Crippen LogP contribution is 2.40. The Morgan fingerprint density at radius 1 is 0.846 bits per heavy atom. The molecule has 0 radical (unpaired) electrons. The number of amides is 1. The molecule has 1 amide bonds. The van der Waals surface area contributed by atoms with Crippen LogP contribution in [0, 0.1) is 0 Å². The minimum Gasteiger partial charge on any atom is -0.344 e. The molecule has 0 saturated heterocycles. The Hall–Kier alpha value is -1.69. The summed E-state index contributed by atoms with van der Waals surface area (Å²) >= 11 is 5.03. The molecule has 0 aliphatic heterocycles. The average Bonchev–Trinajstić information content (AvgIpc) is 3.12. The number of benzene rings is 2. The van der Waals surface area contributed by atoms with Gasteiger partial charge in [0, 0.05) is 34.3 Å². The number of thioether (sulfide) groups is 2. The lowest BCUT2D eigenvalue weighted by molar-refractivity contribution is 0.0832. The number of carbonyl (C=O) groups is 1. The smallest absolute Gasteiger partial charge is 0.263 e. The fourth-order valence-corrected chi connectivity index (χ4v) is 4.68. The number of thiophene rings is 1. The van der Waals surface area contributed by atoms with E-state index in [9.17, 15) is 4.79 Å². The second-order valence-electron chi connectivity index (χ2n) is 6.01. The molecular formula is C21H21NOS3. The number of nitrogens with zero attached hydrogens (tertiary/aromatic N) is 1. The quantitative estimate of drug-likeness (QED) is 0.475. The van der Waals surface area contributed by atoms with Gasteiger partial charge in [0.15, 0.2) is 0 Å². The molecule has 5 heteroatoms. The van der Waals surface area contributed by atoms with Crippen molar-refractivity contribution in [3.8, 4) is 21.6 Å². The highest BCUT2D eigenvalue weighted by Gasteiger charge is 2.18. The molecule has 1 heterocycles. The molecule has 2 aromatic carbocycles. The summed E-state index contributed by atoms with van der Waals surface area (Å²) in [5.41, 5.74) is 3.40. The van der Waals surface area contributed by atoms with E-state index in [1.54, 1.807) is 53.9 Å². The van der Waals surface area contributed by atoms with Crippen LogP contribution < -0.4 is 0 Å². The van der Waals surface area contributed by atoms with Crippen molar-refractivity contribution in [2.75, 3.05) is 26.6 Å². The zero-order valence-electron chi connectivity index (χ0n) is 15.3. The highest BCUT2D eigenvalue weighted by molar-refractivity contribution is 7.98. The number of carbonyl (C=O) groups excluding carboxylic acids is 1. The van der Waals surface area contributed by atoms with E-state index in [1.807, 2.05) is 6.07 Å². The summed E-state index contributed by atoms with van der Waals surface area (Å²) in [5, 5.41) is 0. The molecule has 26 heavy (non-hydrogen) atoms. The standard InChI is InChI=1S/C21H21NOS3/c1-22(2)21(23)19-13-18(14-5-9-16(24-3)10-6-14)20(26-19)15-7-11-17(25-4)12-8-15/h5-13H,1-4H3. The minimum atomic E-state index is 0.0453. The van der Waals surface area contributed by atoms with Crippen LogP contribution in [0.4, 0.5) is 0 Å². The second-order valence-corrected chi connectivity index (χ2v) is 8.82. The van der Waals surface area contributed by atoms with Crippen LogP contribution in [-0.4, -0.2) is 37.4 Å². The molecule has 0 fully saturated rings. The largest absolute Gasteiger partial charge is 0.344 e. The average molecular weight is 400 g/mol. The maximum atomic E-state index is 12.5. The van der Waals surface area contributed by atoms with Crippen LogP contribution in [0.3, 0.4) is 0 Å². The van der Waals surface area contributed by atoms with E-state index in [0.717, 1.165) is 26.4 Å². The fraction of sp³-hybridized carbons (Fsp3) is 0.190. The van der Waals surface area contributed by atoms with Crippen molar-refractivity contribution in [1.29, 1.82) is 0 Å². The topological polar surface area (TPSA) is 20.3 Å². The SMILES string of the molecule is CSc1ccc(-c2cc(C(=O)N(C)C)sc2-c2ccc(SC)cc2)cc1. The summed E-state index contributed by atoms with van der Waals surface area (Å²) in [6.45, 7) is 0. The van der Waals surface area contributed by atoms with Crippen LogP contribution in [0.1, 0.15) is 9.67 Å². The van der Waals surface area contributed by atoms with E-state index in [0.29, 0.717) is 0 Å². The molecule has 3 rings (SSSR count). The van der Waals surface area contributed by atoms with Crippen LogP contribution in [0.2, 0.25) is 0 Å². The normalized spacial score (nSPS) is 10.8. The lowest BCUT2D eigenvalue weighted by Gasteiger charge is -2.07. The van der Waals surface area contributed by atoms with Crippen molar-refractivity contribution in [3.05, 3.63) is 59.5 Å². The summed E-state index contributed by atoms with van der Waals surface area (Å²) in [7, 11) is 3.59. The van der Waals surface area contributed by atoms with Crippen LogP contribution in [0.25, 0.3) is 21.6 Å². The van der Waals surface area contributed by atoms with E-state index in [1.165, 1.54) is 9.79 Å². The fourth-order valence-electron chi connectivity index (χ4n) is 2.66. The van der Waals surface area contributed by atoms with Crippen molar-refractivity contribution < 1.29 is 4.79 Å². The van der Waals surface area contributed by atoms with Crippen molar-refractivity contribution in [2.24, 2.45) is 0 Å². The van der Waals surface area contributed by atoms with Crippen molar-refractivity contribution in [3.63, 3.8) is 0 Å². The van der Waals surface area contributed by atoms with Crippen LogP contribution in [-0.2, 0) is 0 Å². The minimum absolute atomic E-state index is 0.0453. The molecule has 3 aromatic rings. The van der Waals surface area contributed by atoms with Gasteiger partial charge in [-0.15, -0.1) is 34.9 Å². The summed E-state index contributed by atoms with van der Waals surface area (Å²) in [4.78, 5) is 18.5. The van der Waals surface area contributed by atoms with Crippen molar-refractivity contribution >= 4 is 40.8 Å². The first-order chi connectivity index (χ1) is 12.5. The van der Waals surface area contributed by atoms with E-state index < -0.39 is 0 Å². The van der Waals surface area contributed by atoms with Crippen LogP contribution in [0.15, 0.2) is 64.4 Å². The van der Waals surface area contributed by atoms with Gasteiger partial charge in [-0.2, -0.15) is 0 Å². The second kappa shape index (κ2) is 8.33. The van der Waals surface area contributed by atoms with E-state index in [4.69, 9.17) is 0 Å². The molecule has 0 spiro atoms. The molecule has 0 N–H and O–H groups in total. The molecule has 0 bridgehead atoms. The zero-order chi connectivity index (χ0) is 18.7. The molecule has 0 saturated carbocycles. The van der Waals surface area contributed by atoms with E-state index in [2.05, 4.69) is 61.0 Å². The predicted molar refractivity (Wildman–Crippen MR) is 117 cm³/mol. The zero-order valence-corrected chi connectivity index (χ0v) is 17.7. The molecule has 0 aliphatic carbocycles. The molecule has 0 unspecified atom stereocenters. The van der Waals surface area contributed by atoms with Gasteiger partial charge < -0.3 is 4.90 Å². The Morgan fingerprint density at radius 2 is 1.35 bits per heavy atom. The molecule has 134 valence electrons. The number of rotatable bonds is 5. The van der Waals surface area contributed by atoms with E-state index in [-0.39, 0.29) is 5.91 Å². The first kappa shape index (κ1) is 19.1.